The van der Waals surface area contributed by atoms with Crippen LogP contribution in [0.4, 0.5) is 0 Å². The fraction of sp³-hybridized carbons (Fsp3) is 0.444. The lowest BCUT2D eigenvalue weighted by molar-refractivity contribution is 0.691. The van der Waals surface area contributed by atoms with Gasteiger partial charge in [0.15, 0.2) is 0 Å². The molecule has 0 atom stereocenters. The van der Waals surface area contributed by atoms with Crippen LogP contribution < -0.4 is 0 Å². The number of nitrogens with zero attached hydrogens (tertiary/aromatic N) is 2. The minimum absolute atomic E-state index is 0.885. The van der Waals surface area contributed by atoms with Gasteiger partial charge in [-0.1, -0.05) is 11.6 Å². The molecule has 0 radical (unpaired) electrons. The first-order valence-electron chi connectivity index (χ1n) is 3.82. The monoisotopic (exact) mass is 150 g/mol. The van der Waals surface area contributed by atoms with E-state index in [0.29, 0.717) is 0 Å². The van der Waals surface area contributed by atoms with Crippen molar-refractivity contribution in [1.29, 1.82) is 0 Å². The van der Waals surface area contributed by atoms with Crippen molar-refractivity contribution in [3.8, 4) is 0 Å². The fourth-order valence-electron chi connectivity index (χ4n) is 0.841. The first-order valence-corrected chi connectivity index (χ1v) is 3.82. The summed E-state index contributed by atoms with van der Waals surface area (Å²) in [6.07, 6.45) is 4.15. The van der Waals surface area contributed by atoms with Gasteiger partial charge >= 0.3 is 0 Å². The van der Waals surface area contributed by atoms with E-state index in [1.165, 1.54) is 5.57 Å². The molecule has 2 nitrogen and oxygen atoms in total. The molecule has 60 valence electrons. The largest absolute Gasteiger partial charge is 0.269 e. The summed E-state index contributed by atoms with van der Waals surface area (Å²) in [4.78, 5) is 0. The molecule has 0 amide bonds. The van der Waals surface area contributed by atoms with Crippen LogP contribution in [0.5, 0.6) is 0 Å². The summed E-state index contributed by atoms with van der Waals surface area (Å²) in [5.41, 5.74) is 2.41. The molecule has 0 fully saturated rings. The van der Waals surface area contributed by atoms with Gasteiger partial charge < -0.3 is 0 Å². The van der Waals surface area contributed by atoms with Crippen LogP contribution in [0, 0.1) is 6.92 Å². The Labute approximate surface area is 67.5 Å². The zero-order valence-corrected chi connectivity index (χ0v) is 7.33. The third-order valence-electron chi connectivity index (χ3n) is 1.46. The Morgan fingerprint density at radius 1 is 1.64 bits per heavy atom. The molecule has 0 aliphatic heterocycles. The predicted molar refractivity (Wildman–Crippen MR) is 46.4 cm³/mol. The van der Waals surface area contributed by atoms with E-state index in [0.717, 1.165) is 12.2 Å². The predicted octanol–water partition coefficient (Wildman–Crippen LogP) is 2.16. The van der Waals surface area contributed by atoms with Gasteiger partial charge in [-0.3, -0.25) is 4.68 Å². The van der Waals surface area contributed by atoms with E-state index >= 15 is 0 Å². The molecular weight excluding hydrogens is 136 g/mol. The van der Waals surface area contributed by atoms with Gasteiger partial charge in [0.1, 0.15) is 0 Å². The van der Waals surface area contributed by atoms with E-state index in [1.807, 2.05) is 23.9 Å². The van der Waals surface area contributed by atoms with Crippen molar-refractivity contribution in [2.24, 2.45) is 0 Å². The average Bonchev–Trinajstić information content (AvgIpc) is 2.31. The Morgan fingerprint density at radius 2 is 2.36 bits per heavy atom. The summed E-state index contributed by atoms with van der Waals surface area (Å²) in [7, 11) is 0. The third-order valence-corrected chi connectivity index (χ3v) is 1.46. The van der Waals surface area contributed by atoms with Gasteiger partial charge in [0.2, 0.25) is 0 Å². The van der Waals surface area contributed by atoms with Crippen molar-refractivity contribution in [2.45, 2.75) is 27.3 Å². The molecule has 0 unspecified atom stereocenters. The number of allylic oxidation sites excluding steroid dienone is 2. The smallest absolute Gasteiger partial charge is 0.0593 e. The Morgan fingerprint density at radius 3 is 2.82 bits per heavy atom. The van der Waals surface area contributed by atoms with Crippen molar-refractivity contribution in [3.63, 3.8) is 0 Å². The molecule has 11 heavy (non-hydrogen) atoms. The quantitative estimate of drug-likeness (QED) is 0.591. The molecule has 0 N–H and O–H groups in total. The fourth-order valence-corrected chi connectivity index (χ4v) is 0.841. The maximum atomic E-state index is 4.25. The normalized spacial score (nSPS) is 9.73. The van der Waals surface area contributed by atoms with Crippen LogP contribution >= 0.6 is 0 Å². The molecule has 1 aromatic rings. The van der Waals surface area contributed by atoms with E-state index in [9.17, 15) is 0 Å². The number of aromatic nitrogens is 2. The third kappa shape index (κ3) is 2.58. The van der Waals surface area contributed by atoms with Crippen LogP contribution in [-0.4, -0.2) is 9.78 Å². The van der Waals surface area contributed by atoms with Gasteiger partial charge in [0.25, 0.3) is 0 Å². The molecular formula is C9H14N2. The van der Waals surface area contributed by atoms with Crippen molar-refractivity contribution in [3.05, 3.63) is 29.6 Å². The van der Waals surface area contributed by atoms with Gasteiger partial charge in [-0.05, 0) is 26.8 Å². The summed E-state index contributed by atoms with van der Waals surface area (Å²) < 4.78 is 1.93. The van der Waals surface area contributed by atoms with Crippen LogP contribution in [0.1, 0.15) is 19.5 Å². The molecule has 0 aliphatic rings. The first-order chi connectivity index (χ1) is 5.18. The number of aryl methyl sites for hydroxylation is 1. The van der Waals surface area contributed by atoms with E-state index in [-0.39, 0.29) is 0 Å². The zero-order chi connectivity index (χ0) is 8.27. The van der Waals surface area contributed by atoms with Crippen LogP contribution in [0.25, 0.3) is 0 Å². The van der Waals surface area contributed by atoms with Crippen molar-refractivity contribution in [2.75, 3.05) is 0 Å². The topological polar surface area (TPSA) is 17.8 Å². The second-order valence-corrected chi connectivity index (χ2v) is 2.96. The molecule has 2 heteroatoms. The summed E-state index contributed by atoms with van der Waals surface area (Å²) in [5.74, 6) is 0. The summed E-state index contributed by atoms with van der Waals surface area (Å²) in [6, 6.07) is 2.01. The highest BCUT2D eigenvalue weighted by molar-refractivity contribution is 4.98. The molecule has 1 rings (SSSR count). The SMILES string of the molecule is CC(C)=CCn1ccc(C)n1. The number of hydrogen-bond donors (Lipinski definition) is 0. The van der Waals surface area contributed by atoms with Crippen molar-refractivity contribution in [1.82, 2.24) is 9.78 Å². The van der Waals surface area contributed by atoms with Crippen molar-refractivity contribution < 1.29 is 0 Å². The van der Waals surface area contributed by atoms with Crippen molar-refractivity contribution >= 4 is 0 Å². The molecule has 0 spiro atoms. The maximum Gasteiger partial charge on any atom is 0.0593 e. The summed E-state index contributed by atoms with van der Waals surface area (Å²) in [5, 5.41) is 4.25. The van der Waals surface area contributed by atoms with Crippen LogP contribution in [0.2, 0.25) is 0 Å². The Hall–Kier alpha value is -1.05. The highest BCUT2D eigenvalue weighted by Gasteiger charge is 1.89. The lowest BCUT2D eigenvalue weighted by atomic mass is 10.3. The van der Waals surface area contributed by atoms with Gasteiger partial charge in [-0.25, -0.2) is 0 Å². The first kappa shape index (κ1) is 8.05. The molecule has 0 bridgehead atoms. The maximum absolute atomic E-state index is 4.25. The number of rotatable bonds is 2. The summed E-state index contributed by atoms with van der Waals surface area (Å²) >= 11 is 0. The highest BCUT2D eigenvalue weighted by atomic mass is 15.3. The minimum atomic E-state index is 0.885. The van der Waals surface area contributed by atoms with E-state index in [4.69, 9.17) is 0 Å². The Bertz CT molecular complexity index is 254. The minimum Gasteiger partial charge on any atom is -0.269 e. The molecule has 0 aromatic carbocycles. The van der Waals surface area contributed by atoms with E-state index < -0.39 is 0 Å². The van der Waals surface area contributed by atoms with Crippen LogP contribution in [0.15, 0.2) is 23.9 Å². The standard InChI is InChI=1S/C9H14N2/c1-8(2)4-6-11-7-5-9(3)10-11/h4-5,7H,6H2,1-3H3. The molecule has 0 saturated carbocycles. The summed E-state index contributed by atoms with van der Waals surface area (Å²) in [6.45, 7) is 7.07. The zero-order valence-electron chi connectivity index (χ0n) is 7.33. The van der Waals surface area contributed by atoms with Gasteiger partial charge in [-0.2, -0.15) is 5.10 Å². The second kappa shape index (κ2) is 3.37. The van der Waals surface area contributed by atoms with Gasteiger partial charge in [0, 0.05) is 6.20 Å². The Kier molecular flexibility index (Phi) is 2.47. The average molecular weight is 150 g/mol. The lowest BCUT2D eigenvalue weighted by Gasteiger charge is -1.94. The van der Waals surface area contributed by atoms with Crippen LogP contribution in [-0.2, 0) is 6.54 Å². The Balaban J connectivity index is 2.58. The van der Waals surface area contributed by atoms with Gasteiger partial charge in [0.05, 0.1) is 12.2 Å². The highest BCUT2D eigenvalue weighted by Crippen LogP contribution is 1.95. The van der Waals surface area contributed by atoms with E-state index in [1.54, 1.807) is 0 Å². The van der Waals surface area contributed by atoms with Gasteiger partial charge in [-0.15, -0.1) is 0 Å². The van der Waals surface area contributed by atoms with E-state index in [2.05, 4.69) is 25.0 Å². The number of hydrogen-bond acceptors (Lipinski definition) is 1. The lowest BCUT2D eigenvalue weighted by Crippen LogP contribution is -1.95. The second-order valence-electron chi connectivity index (χ2n) is 2.96. The molecule has 0 saturated heterocycles. The molecule has 1 aromatic heterocycles. The molecule has 0 aliphatic carbocycles. The molecule has 1 heterocycles. The van der Waals surface area contributed by atoms with Crippen LogP contribution in [0.3, 0.4) is 0 Å².